The largest absolute Gasteiger partial charge is 0.346 e. The van der Waals surface area contributed by atoms with Crippen molar-refractivity contribution in [2.75, 3.05) is 13.1 Å². The lowest BCUT2D eigenvalue weighted by Crippen LogP contribution is -2.33. The van der Waals surface area contributed by atoms with Crippen LogP contribution in [-0.2, 0) is 4.79 Å². The fourth-order valence-electron chi connectivity index (χ4n) is 4.35. The molecule has 3 N–H and O–H groups in total. The molecular weight excluding hydrogens is 350 g/mol. The Morgan fingerprint density at radius 1 is 1.21 bits per heavy atom. The van der Waals surface area contributed by atoms with E-state index in [1.165, 1.54) is 12.8 Å². The van der Waals surface area contributed by atoms with Crippen LogP contribution in [0, 0.1) is 5.92 Å². The lowest BCUT2D eigenvalue weighted by molar-refractivity contribution is -0.109. The van der Waals surface area contributed by atoms with Gasteiger partial charge >= 0.3 is 0 Å². The van der Waals surface area contributed by atoms with Gasteiger partial charge in [0.1, 0.15) is 18.0 Å². The average Bonchev–Trinajstić information content (AvgIpc) is 3.19. The van der Waals surface area contributed by atoms with Crippen LogP contribution in [0.3, 0.4) is 0 Å². The lowest BCUT2D eigenvalue weighted by Gasteiger charge is -2.27. The average molecular weight is 373 g/mol. The molecule has 0 amide bonds. The van der Waals surface area contributed by atoms with Crippen molar-refractivity contribution in [3.63, 3.8) is 0 Å². The minimum Gasteiger partial charge on any atom is -0.346 e. The van der Waals surface area contributed by atoms with Crippen LogP contribution in [0.2, 0.25) is 0 Å². The van der Waals surface area contributed by atoms with E-state index in [0.717, 1.165) is 64.8 Å². The number of fused-ring (bicyclic) bond motifs is 2. The summed E-state index contributed by atoms with van der Waals surface area (Å²) in [6.45, 7) is 2.13. The van der Waals surface area contributed by atoms with E-state index >= 15 is 0 Å². The number of hydrazone groups is 1. The Morgan fingerprint density at radius 2 is 2.18 bits per heavy atom. The highest BCUT2D eigenvalue weighted by atomic mass is 16.1. The summed E-state index contributed by atoms with van der Waals surface area (Å²) < 4.78 is 0. The number of nitrogens with one attached hydrogen (secondary N) is 3. The third kappa shape index (κ3) is 2.99. The smallest absolute Gasteiger partial charge is 0.148 e. The second kappa shape index (κ2) is 7.20. The summed E-state index contributed by atoms with van der Waals surface area (Å²) in [4.78, 5) is 19.2. The zero-order valence-corrected chi connectivity index (χ0v) is 15.6. The maximum atomic E-state index is 11.6. The van der Waals surface area contributed by atoms with Crippen molar-refractivity contribution >= 4 is 23.0 Å². The summed E-state index contributed by atoms with van der Waals surface area (Å²) in [6.07, 6.45) is 8.05. The van der Waals surface area contributed by atoms with Crippen molar-refractivity contribution in [3.8, 4) is 11.1 Å². The molecular formula is C22H23N5O. The summed E-state index contributed by atoms with van der Waals surface area (Å²) in [5.74, 6) is 0.580. The van der Waals surface area contributed by atoms with Gasteiger partial charge in [-0.15, -0.1) is 0 Å². The predicted molar refractivity (Wildman–Crippen MR) is 110 cm³/mol. The number of benzene rings is 1. The molecule has 2 aliphatic rings. The number of rotatable bonds is 4. The van der Waals surface area contributed by atoms with Crippen LogP contribution in [0.4, 0.5) is 0 Å². The van der Waals surface area contributed by atoms with Crippen molar-refractivity contribution in [1.29, 1.82) is 0 Å². The topological polar surface area (TPSA) is 82.2 Å². The number of carbonyl (C=O) groups excluding carboxylic acids is 1. The normalized spacial score (nSPS) is 21.6. The first-order valence-electron chi connectivity index (χ1n) is 9.88. The standard InChI is InChI=1S/C22H23N5O/c28-13-21-16-6-5-15(19-12-25-22-17(19)4-2-8-24-22)10-18(16)20(26-27-21)9-14-3-1-7-23-11-14/h2,4-6,8,10,12-14,21,23,27H,1,3,7,9,11H2,(H,24,25). The third-order valence-corrected chi connectivity index (χ3v) is 5.82. The number of nitrogens with zero attached hydrogens (tertiary/aromatic N) is 2. The molecule has 1 saturated heterocycles. The van der Waals surface area contributed by atoms with Crippen LogP contribution in [0.1, 0.15) is 36.4 Å². The molecule has 0 aliphatic carbocycles. The molecule has 0 bridgehead atoms. The van der Waals surface area contributed by atoms with Gasteiger partial charge in [0.15, 0.2) is 0 Å². The summed E-state index contributed by atoms with van der Waals surface area (Å²) in [6, 6.07) is 9.95. The first-order chi connectivity index (χ1) is 13.8. The van der Waals surface area contributed by atoms with Crippen LogP contribution < -0.4 is 10.7 Å². The quantitative estimate of drug-likeness (QED) is 0.614. The van der Waals surface area contributed by atoms with Gasteiger partial charge in [-0.2, -0.15) is 5.10 Å². The molecule has 6 nitrogen and oxygen atoms in total. The number of carbonyl (C=O) groups is 1. The Hall–Kier alpha value is -2.99. The fraction of sp³-hybridized carbons (Fsp3) is 0.318. The molecule has 0 spiro atoms. The molecule has 2 atom stereocenters. The first kappa shape index (κ1) is 17.1. The molecule has 1 aromatic carbocycles. The number of aromatic nitrogens is 2. The molecule has 5 rings (SSSR count). The highest BCUT2D eigenvalue weighted by Gasteiger charge is 2.25. The number of aldehydes is 1. The van der Waals surface area contributed by atoms with Crippen molar-refractivity contribution in [2.24, 2.45) is 11.0 Å². The molecule has 3 aromatic rings. The van der Waals surface area contributed by atoms with Crippen molar-refractivity contribution in [3.05, 3.63) is 53.9 Å². The van der Waals surface area contributed by atoms with E-state index in [0.29, 0.717) is 5.92 Å². The number of H-pyrrole nitrogens is 1. The van der Waals surface area contributed by atoms with E-state index in [-0.39, 0.29) is 6.04 Å². The molecule has 2 aromatic heterocycles. The Bertz CT molecular complexity index is 1050. The molecule has 2 unspecified atom stereocenters. The maximum absolute atomic E-state index is 11.6. The first-order valence-corrected chi connectivity index (χ1v) is 9.88. The summed E-state index contributed by atoms with van der Waals surface area (Å²) in [7, 11) is 0. The second-order valence-corrected chi connectivity index (χ2v) is 7.62. The molecule has 0 radical (unpaired) electrons. The number of pyridine rings is 1. The monoisotopic (exact) mass is 373 g/mol. The Kier molecular flexibility index (Phi) is 4.41. The molecule has 0 saturated carbocycles. The molecule has 142 valence electrons. The van der Waals surface area contributed by atoms with Crippen molar-refractivity contribution < 1.29 is 4.79 Å². The van der Waals surface area contributed by atoms with Crippen LogP contribution in [0.25, 0.3) is 22.2 Å². The van der Waals surface area contributed by atoms with Gasteiger partial charge < -0.3 is 15.1 Å². The number of hydrogen-bond acceptors (Lipinski definition) is 5. The van der Waals surface area contributed by atoms with E-state index in [1.54, 1.807) is 6.20 Å². The van der Waals surface area contributed by atoms with Crippen LogP contribution in [-0.4, -0.2) is 35.1 Å². The van der Waals surface area contributed by atoms with Gasteiger partial charge in [-0.05, 0) is 67.6 Å². The highest BCUT2D eigenvalue weighted by Crippen LogP contribution is 2.33. The molecule has 2 aliphatic heterocycles. The van der Waals surface area contributed by atoms with Gasteiger partial charge in [-0.25, -0.2) is 4.98 Å². The van der Waals surface area contributed by atoms with Gasteiger partial charge in [0.25, 0.3) is 0 Å². The summed E-state index contributed by atoms with van der Waals surface area (Å²) >= 11 is 0. The van der Waals surface area contributed by atoms with E-state index in [1.807, 2.05) is 12.3 Å². The third-order valence-electron chi connectivity index (χ3n) is 5.82. The molecule has 4 heterocycles. The minimum atomic E-state index is -0.387. The van der Waals surface area contributed by atoms with Gasteiger partial charge in [-0.3, -0.25) is 5.43 Å². The van der Waals surface area contributed by atoms with E-state index in [9.17, 15) is 4.79 Å². The highest BCUT2D eigenvalue weighted by molar-refractivity contribution is 6.05. The van der Waals surface area contributed by atoms with Gasteiger partial charge in [0, 0.05) is 28.9 Å². The van der Waals surface area contributed by atoms with E-state index < -0.39 is 0 Å². The van der Waals surface area contributed by atoms with Gasteiger partial charge in [0.2, 0.25) is 0 Å². The van der Waals surface area contributed by atoms with Gasteiger partial charge in [-0.1, -0.05) is 12.1 Å². The Balaban J connectivity index is 1.55. The Labute approximate surface area is 163 Å². The summed E-state index contributed by atoms with van der Waals surface area (Å²) in [5, 5.41) is 9.16. The number of aromatic amines is 1. The SMILES string of the molecule is O=CC1NN=C(CC2CCCNC2)c2cc(-c3c[nH]c4ncccc34)ccc21. The number of piperidine rings is 1. The van der Waals surface area contributed by atoms with Crippen LogP contribution in [0.5, 0.6) is 0 Å². The molecule has 1 fully saturated rings. The lowest BCUT2D eigenvalue weighted by atomic mass is 9.86. The predicted octanol–water partition coefficient (Wildman–Crippen LogP) is 3.17. The molecule has 6 heteroatoms. The van der Waals surface area contributed by atoms with Crippen LogP contribution >= 0.6 is 0 Å². The van der Waals surface area contributed by atoms with Crippen LogP contribution in [0.15, 0.2) is 47.8 Å². The fourth-order valence-corrected chi connectivity index (χ4v) is 4.35. The minimum absolute atomic E-state index is 0.387. The molecule has 28 heavy (non-hydrogen) atoms. The second-order valence-electron chi connectivity index (χ2n) is 7.62. The van der Waals surface area contributed by atoms with E-state index in [2.05, 4.69) is 50.1 Å². The van der Waals surface area contributed by atoms with Gasteiger partial charge in [0.05, 0.1) is 5.71 Å². The maximum Gasteiger partial charge on any atom is 0.148 e. The van der Waals surface area contributed by atoms with Crippen molar-refractivity contribution in [2.45, 2.75) is 25.3 Å². The Morgan fingerprint density at radius 3 is 3.04 bits per heavy atom. The zero-order valence-electron chi connectivity index (χ0n) is 15.6. The summed E-state index contributed by atoms with van der Waals surface area (Å²) in [5.41, 5.74) is 9.27. The number of hydrogen-bond donors (Lipinski definition) is 3. The zero-order chi connectivity index (χ0) is 18.9. The van der Waals surface area contributed by atoms with Crippen molar-refractivity contribution in [1.82, 2.24) is 20.7 Å². The van der Waals surface area contributed by atoms with E-state index in [4.69, 9.17) is 0 Å².